The molecule has 102 valence electrons. The first-order valence-electron chi connectivity index (χ1n) is 6.52. The summed E-state index contributed by atoms with van der Waals surface area (Å²) in [5, 5.41) is 3.95. The number of carbonyl (C=O) groups excluding carboxylic acids is 1. The molecule has 3 N–H and O–H groups in total. The summed E-state index contributed by atoms with van der Waals surface area (Å²) in [6.45, 7) is 6.04. The number of amides is 1. The van der Waals surface area contributed by atoms with Crippen LogP contribution in [0.4, 0.5) is 0 Å². The van der Waals surface area contributed by atoms with Crippen LogP contribution in [0.25, 0.3) is 0 Å². The largest absolute Gasteiger partial charge is 0.347 e. The van der Waals surface area contributed by atoms with Crippen LogP contribution in [-0.2, 0) is 11.2 Å². The molecule has 0 aliphatic heterocycles. The van der Waals surface area contributed by atoms with Crippen LogP contribution >= 0.6 is 11.3 Å². The molecule has 0 saturated carbocycles. The molecule has 0 bridgehead atoms. The first-order valence-corrected chi connectivity index (χ1v) is 7.34. The SMILES string of the molecule is CCc1cnc(C(C)NC(=O)CCCC(C)N)s1. The fourth-order valence-electron chi connectivity index (χ4n) is 1.65. The first kappa shape index (κ1) is 15.1. The molecule has 1 rings (SSSR count). The molecule has 1 aromatic heterocycles. The average Bonchev–Trinajstić information content (AvgIpc) is 2.76. The van der Waals surface area contributed by atoms with Gasteiger partial charge in [-0.25, -0.2) is 4.98 Å². The minimum atomic E-state index is -0.00176. The van der Waals surface area contributed by atoms with Crippen LogP contribution in [0, 0.1) is 0 Å². The Hall–Kier alpha value is -0.940. The van der Waals surface area contributed by atoms with Gasteiger partial charge in [0, 0.05) is 23.5 Å². The zero-order chi connectivity index (χ0) is 13.5. The van der Waals surface area contributed by atoms with Crippen LogP contribution in [0.2, 0.25) is 0 Å². The van der Waals surface area contributed by atoms with E-state index in [-0.39, 0.29) is 18.0 Å². The Bertz CT molecular complexity index is 376. The molecule has 0 spiro atoms. The minimum Gasteiger partial charge on any atom is -0.347 e. The zero-order valence-corrected chi connectivity index (χ0v) is 12.2. The van der Waals surface area contributed by atoms with Crippen LogP contribution in [0.5, 0.6) is 0 Å². The summed E-state index contributed by atoms with van der Waals surface area (Å²) in [5.74, 6) is 0.0800. The van der Waals surface area contributed by atoms with Gasteiger partial charge in [-0.1, -0.05) is 6.92 Å². The summed E-state index contributed by atoms with van der Waals surface area (Å²) in [4.78, 5) is 17.3. The highest BCUT2D eigenvalue weighted by molar-refractivity contribution is 7.11. The smallest absolute Gasteiger partial charge is 0.220 e. The number of nitrogens with two attached hydrogens (primary N) is 1. The van der Waals surface area contributed by atoms with Gasteiger partial charge < -0.3 is 11.1 Å². The van der Waals surface area contributed by atoms with Crippen molar-refractivity contribution in [2.24, 2.45) is 5.73 Å². The molecule has 0 fully saturated rings. The third-order valence-electron chi connectivity index (χ3n) is 2.73. The van der Waals surface area contributed by atoms with Crippen molar-refractivity contribution in [3.63, 3.8) is 0 Å². The van der Waals surface area contributed by atoms with E-state index in [1.807, 2.05) is 20.0 Å². The van der Waals surface area contributed by atoms with Crippen LogP contribution in [-0.4, -0.2) is 16.9 Å². The van der Waals surface area contributed by atoms with Crippen molar-refractivity contribution >= 4 is 17.2 Å². The minimum absolute atomic E-state index is 0.00176. The Balaban J connectivity index is 2.34. The van der Waals surface area contributed by atoms with Crippen molar-refractivity contribution in [2.75, 3.05) is 0 Å². The predicted octanol–water partition coefficient (Wildman–Crippen LogP) is 2.40. The molecule has 18 heavy (non-hydrogen) atoms. The van der Waals surface area contributed by atoms with Gasteiger partial charge in [0.15, 0.2) is 0 Å². The predicted molar refractivity (Wildman–Crippen MR) is 75.6 cm³/mol. The second-order valence-corrected chi connectivity index (χ2v) is 5.82. The van der Waals surface area contributed by atoms with Crippen molar-refractivity contribution in [3.8, 4) is 0 Å². The molecule has 0 aliphatic rings. The maximum absolute atomic E-state index is 11.7. The van der Waals surface area contributed by atoms with Crippen molar-refractivity contribution < 1.29 is 4.79 Å². The third-order valence-corrected chi connectivity index (χ3v) is 4.06. The summed E-state index contributed by atoms with van der Waals surface area (Å²) in [7, 11) is 0. The van der Waals surface area contributed by atoms with E-state index in [9.17, 15) is 4.79 Å². The molecular weight excluding hydrogens is 246 g/mol. The Morgan fingerprint density at radius 1 is 1.56 bits per heavy atom. The van der Waals surface area contributed by atoms with Gasteiger partial charge >= 0.3 is 0 Å². The molecule has 2 atom stereocenters. The van der Waals surface area contributed by atoms with E-state index in [1.165, 1.54) is 4.88 Å². The van der Waals surface area contributed by atoms with Crippen molar-refractivity contribution in [3.05, 3.63) is 16.1 Å². The van der Waals surface area contributed by atoms with E-state index in [1.54, 1.807) is 11.3 Å². The van der Waals surface area contributed by atoms with Gasteiger partial charge in [-0.05, 0) is 33.1 Å². The lowest BCUT2D eigenvalue weighted by atomic mass is 10.1. The zero-order valence-electron chi connectivity index (χ0n) is 11.4. The molecule has 5 heteroatoms. The number of hydrogen-bond donors (Lipinski definition) is 2. The van der Waals surface area contributed by atoms with E-state index in [0.29, 0.717) is 6.42 Å². The molecular formula is C13H23N3OS. The van der Waals surface area contributed by atoms with Crippen molar-refractivity contribution in [1.29, 1.82) is 0 Å². The first-order chi connectivity index (χ1) is 8.52. The van der Waals surface area contributed by atoms with Gasteiger partial charge in [-0.3, -0.25) is 4.79 Å². The van der Waals surface area contributed by atoms with E-state index in [0.717, 1.165) is 24.3 Å². The molecule has 4 nitrogen and oxygen atoms in total. The number of nitrogens with zero attached hydrogens (tertiary/aromatic N) is 1. The molecule has 0 aliphatic carbocycles. The number of hydrogen-bond acceptors (Lipinski definition) is 4. The Morgan fingerprint density at radius 3 is 2.83 bits per heavy atom. The number of thiazole rings is 1. The number of nitrogens with one attached hydrogen (secondary N) is 1. The third kappa shape index (κ3) is 5.14. The van der Waals surface area contributed by atoms with Gasteiger partial charge in [-0.2, -0.15) is 0 Å². The lowest BCUT2D eigenvalue weighted by Crippen LogP contribution is -2.26. The van der Waals surface area contributed by atoms with E-state index < -0.39 is 0 Å². The normalized spacial score (nSPS) is 14.2. The topological polar surface area (TPSA) is 68.0 Å². The van der Waals surface area contributed by atoms with Crippen molar-refractivity contribution in [2.45, 2.75) is 58.5 Å². The Kier molecular flexibility index (Phi) is 6.29. The monoisotopic (exact) mass is 269 g/mol. The van der Waals surface area contributed by atoms with E-state index >= 15 is 0 Å². The van der Waals surface area contributed by atoms with Gasteiger partial charge in [0.05, 0.1) is 6.04 Å². The Labute approximate surface area is 113 Å². The van der Waals surface area contributed by atoms with Crippen LogP contribution in [0.3, 0.4) is 0 Å². The van der Waals surface area contributed by atoms with E-state index in [4.69, 9.17) is 5.73 Å². The summed E-state index contributed by atoms with van der Waals surface area (Å²) in [5.41, 5.74) is 5.65. The van der Waals surface area contributed by atoms with Gasteiger partial charge in [0.1, 0.15) is 5.01 Å². The van der Waals surface area contributed by atoms with Gasteiger partial charge in [-0.15, -0.1) is 11.3 Å². The van der Waals surface area contributed by atoms with Crippen LogP contribution in [0.15, 0.2) is 6.20 Å². The molecule has 0 aromatic carbocycles. The van der Waals surface area contributed by atoms with Crippen molar-refractivity contribution in [1.82, 2.24) is 10.3 Å². The summed E-state index contributed by atoms with van der Waals surface area (Å²) >= 11 is 1.67. The van der Waals surface area contributed by atoms with Gasteiger partial charge in [0.2, 0.25) is 5.91 Å². The fourth-order valence-corrected chi connectivity index (χ4v) is 2.51. The average molecular weight is 269 g/mol. The standard InChI is InChI=1S/C13H23N3OS/c1-4-11-8-15-13(18-11)10(3)16-12(17)7-5-6-9(2)14/h8-10H,4-7,14H2,1-3H3,(H,16,17). The molecule has 1 aromatic rings. The van der Waals surface area contributed by atoms with E-state index in [2.05, 4.69) is 17.2 Å². The number of aromatic nitrogens is 1. The molecule has 2 unspecified atom stereocenters. The molecule has 0 radical (unpaired) electrons. The highest BCUT2D eigenvalue weighted by Gasteiger charge is 2.12. The summed E-state index contributed by atoms with van der Waals surface area (Å²) < 4.78 is 0. The second-order valence-electron chi connectivity index (χ2n) is 4.68. The quantitative estimate of drug-likeness (QED) is 0.798. The highest BCUT2D eigenvalue weighted by atomic mass is 32.1. The molecule has 1 amide bonds. The van der Waals surface area contributed by atoms with Gasteiger partial charge in [0.25, 0.3) is 0 Å². The molecule has 0 saturated heterocycles. The lowest BCUT2D eigenvalue weighted by molar-refractivity contribution is -0.121. The van der Waals surface area contributed by atoms with Crippen LogP contribution < -0.4 is 11.1 Å². The summed E-state index contributed by atoms with van der Waals surface area (Å²) in [6.07, 6.45) is 5.15. The Morgan fingerprint density at radius 2 is 2.28 bits per heavy atom. The lowest BCUT2D eigenvalue weighted by Gasteiger charge is -2.11. The maximum atomic E-state index is 11.7. The number of rotatable bonds is 7. The highest BCUT2D eigenvalue weighted by Crippen LogP contribution is 2.20. The molecule has 1 heterocycles. The summed E-state index contributed by atoms with van der Waals surface area (Å²) in [6, 6.07) is 0.166. The fraction of sp³-hybridized carbons (Fsp3) is 0.692. The number of carbonyl (C=O) groups is 1. The van der Waals surface area contributed by atoms with Crippen LogP contribution in [0.1, 0.15) is 56.0 Å². The maximum Gasteiger partial charge on any atom is 0.220 e. The number of aryl methyl sites for hydroxylation is 1. The second kappa shape index (κ2) is 7.48.